The van der Waals surface area contributed by atoms with Gasteiger partial charge >= 0.3 is 11.9 Å². The first-order valence-corrected chi connectivity index (χ1v) is 9.89. The predicted molar refractivity (Wildman–Crippen MR) is 91.2 cm³/mol. The quantitative estimate of drug-likeness (QED) is 0.707. The highest BCUT2D eigenvalue weighted by Gasteiger charge is 2.44. The molecule has 0 heterocycles. The first-order chi connectivity index (χ1) is 11.5. The summed E-state index contributed by atoms with van der Waals surface area (Å²) in [4.78, 5) is 21.4. The van der Waals surface area contributed by atoms with Crippen LogP contribution < -0.4 is 0 Å². The van der Waals surface area contributed by atoms with E-state index < -0.39 is 0 Å². The van der Waals surface area contributed by atoms with Crippen LogP contribution in [-0.2, 0) is 19.1 Å². The molecule has 0 aliphatic heterocycles. The largest absolute Gasteiger partial charge is 0.462 e. The zero-order valence-corrected chi connectivity index (χ0v) is 15.2. The van der Waals surface area contributed by atoms with Gasteiger partial charge in [0.15, 0.2) is 0 Å². The Morgan fingerprint density at radius 3 is 1.38 bits per heavy atom. The number of rotatable bonds is 2. The molecule has 4 heteroatoms. The van der Waals surface area contributed by atoms with E-state index in [0.29, 0.717) is 11.8 Å². The fraction of sp³-hybridized carbons (Fsp3) is 0.900. The molecule has 0 spiro atoms. The zero-order valence-electron chi connectivity index (χ0n) is 15.2. The summed E-state index contributed by atoms with van der Waals surface area (Å²) in [5, 5.41) is 0. The van der Waals surface area contributed by atoms with E-state index in [0.717, 1.165) is 24.7 Å². The Morgan fingerprint density at radius 2 is 1.04 bits per heavy atom. The standard InChI is InChI=1S/2C10H16O2/c2*1-7(11)12-10-6-8-4-2-3-5-9(8)10/h2*8-10H,2-6H2,1H3. The number of hydrogen-bond acceptors (Lipinski definition) is 4. The van der Waals surface area contributed by atoms with Crippen LogP contribution in [0.5, 0.6) is 0 Å². The second-order valence-electron chi connectivity index (χ2n) is 8.18. The molecule has 4 saturated carbocycles. The summed E-state index contributed by atoms with van der Waals surface area (Å²) in [6.07, 6.45) is 13.5. The molecule has 0 bridgehead atoms. The Bertz CT molecular complexity index is 419. The Labute approximate surface area is 145 Å². The maximum absolute atomic E-state index is 10.7. The third kappa shape index (κ3) is 4.12. The topological polar surface area (TPSA) is 52.6 Å². The lowest BCUT2D eigenvalue weighted by Gasteiger charge is -2.46. The molecule has 4 nitrogen and oxygen atoms in total. The molecule has 0 aromatic rings. The number of fused-ring (bicyclic) bond motifs is 2. The van der Waals surface area contributed by atoms with E-state index in [9.17, 15) is 9.59 Å². The first-order valence-electron chi connectivity index (χ1n) is 9.89. The molecule has 0 saturated heterocycles. The lowest BCUT2D eigenvalue weighted by molar-refractivity contribution is -0.164. The summed E-state index contributed by atoms with van der Waals surface area (Å²) >= 11 is 0. The summed E-state index contributed by atoms with van der Waals surface area (Å²) in [7, 11) is 0. The molecule has 136 valence electrons. The van der Waals surface area contributed by atoms with Gasteiger partial charge in [0.2, 0.25) is 0 Å². The van der Waals surface area contributed by atoms with Crippen LogP contribution in [0.2, 0.25) is 0 Å². The van der Waals surface area contributed by atoms with Gasteiger partial charge in [0, 0.05) is 13.8 Å². The van der Waals surface area contributed by atoms with Crippen LogP contribution in [0.3, 0.4) is 0 Å². The lowest BCUT2D eigenvalue weighted by atomic mass is 9.63. The molecule has 0 aromatic heterocycles. The zero-order chi connectivity index (χ0) is 17.1. The maximum atomic E-state index is 10.7. The second kappa shape index (κ2) is 7.88. The van der Waals surface area contributed by atoms with Crippen LogP contribution in [0.4, 0.5) is 0 Å². The maximum Gasteiger partial charge on any atom is 0.302 e. The van der Waals surface area contributed by atoms with E-state index in [4.69, 9.17) is 9.47 Å². The predicted octanol–water partition coefficient (Wildman–Crippen LogP) is 4.26. The Balaban J connectivity index is 0.000000141. The summed E-state index contributed by atoms with van der Waals surface area (Å²) in [6.45, 7) is 3.02. The van der Waals surface area contributed by atoms with Crippen molar-refractivity contribution in [2.45, 2.75) is 90.3 Å². The molecule has 24 heavy (non-hydrogen) atoms. The van der Waals surface area contributed by atoms with Gasteiger partial charge in [0.25, 0.3) is 0 Å². The molecular formula is C20H32O4. The molecule has 4 aliphatic rings. The molecule has 6 atom stereocenters. The number of carbonyl (C=O) groups is 2. The minimum atomic E-state index is -0.107. The van der Waals surface area contributed by atoms with E-state index in [1.54, 1.807) is 0 Å². The van der Waals surface area contributed by atoms with Crippen LogP contribution in [0.25, 0.3) is 0 Å². The summed E-state index contributed by atoms with van der Waals surface area (Å²) < 4.78 is 10.4. The van der Waals surface area contributed by atoms with Gasteiger partial charge in [0.05, 0.1) is 0 Å². The van der Waals surface area contributed by atoms with Crippen molar-refractivity contribution in [3.05, 3.63) is 0 Å². The van der Waals surface area contributed by atoms with Crippen LogP contribution in [-0.4, -0.2) is 24.1 Å². The van der Waals surface area contributed by atoms with Gasteiger partial charge in [-0.15, -0.1) is 0 Å². The Kier molecular flexibility index (Phi) is 5.83. The molecular weight excluding hydrogens is 304 g/mol. The molecule has 0 aromatic carbocycles. The second-order valence-corrected chi connectivity index (χ2v) is 8.18. The fourth-order valence-corrected chi connectivity index (χ4v) is 5.29. The number of carbonyl (C=O) groups excluding carboxylic acids is 2. The van der Waals surface area contributed by atoms with Crippen LogP contribution in [0, 0.1) is 23.7 Å². The lowest BCUT2D eigenvalue weighted by Crippen LogP contribution is -2.45. The van der Waals surface area contributed by atoms with E-state index >= 15 is 0 Å². The summed E-state index contributed by atoms with van der Waals surface area (Å²) in [5.74, 6) is 2.96. The van der Waals surface area contributed by atoms with E-state index in [-0.39, 0.29) is 24.1 Å². The van der Waals surface area contributed by atoms with E-state index in [2.05, 4.69) is 0 Å². The third-order valence-electron chi connectivity index (χ3n) is 6.60. The van der Waals surface area contributed by atoms with Gasteiger partial charge in [-0.1, -0.05) is 25.7 Å². The average molecular weight is 336 g/mol. The van der Waals surface area contributed by atoms with Crippen LogP contribution >= 0.6 is 0 Å². The van der Waals surface area contributed by atoms with Gasteiger partial charge in [-0.05, 0) is 62.2 Å². The van der Waals surface area contributed by atoms with Gasteiger partial charge in [0.1, 0.15) is 12.2 Å². The molecule has 4 aliphatic carbocycles. The molecule has 4 rings (SSSR count). The highest BCUT2D eigenvalue weighted by atomic mass is 16.5. The van der Waals surface area contributed by atoms with Crippen molar-refractivity contribution in [1.82, 2.24) is 0 Å². The molecule has 0 N–H and O–H groups in total. The van der Waals surface area contributed by atoms with Crippen molar-refractivity contribution < 1.29 is 19.1 Å². The minimum absolute atomic E-state index is 0.107. The van der Waals surface area contributed by atoms with Gasteiger partial charge in [-0.2, -0.15) is 0 Å². The highest BCUT2D eigenvalue weighted by Crippen LogP contribution is 2.47. The first kappa shape index (κ1) is 17.8. The monoisotopic (exact) mass is 336 g/mol. The third-order valence-corrected chi connectivity index (χ3v) is 6.60. The van der Waals surface area contributed by atoms with Crippen LogP contribution in [0.15, 0.2) is 0 Å². The van der Waals surface area contributed by atoms with E-state index in [1.165, 1.54) is 65.2 Å². The SMILES string of the molecule is CC(=O)OC1CC2CCCCC21.CC(=O)OC1CC2CCCCC21. The average Bonchev–Trinajstić information content (AvgIpc) is 2.51. The number of esters is 2. The molecule has 6 unspecified atom stereocenters. The Morgan fingerprint density at radius 1 is 0.667 bits per heavy atom. The normalized spacial score (nSPS) is 39.6. The van der Waals surface area contributed by atoms with Gasteiger partial charge < -0.3 is 9.47 Å². The molecule has 0 radical (unpaired) electrons. The highest BCUT2D eigenvalue weighted by molar-refractivity contribution is 5.66. The van der Waals surface area contributed by atoms with Crippen molar-refractivity contribution in [2.75, 3.05) is 0 Å². The van der Waals surface area contributed by atoms with Crippen LogP contribution in [0.1, 0.15) is 78.1 Å². The smallest absolute Gasteiger partial charge is 0.302 e. The minimum Gasteiger partial charge on any atom is -0.462 e. The molecule has 4 fully saturated rings. The number of hydrogen-bond donors (Lipinski definition) is 0. The van der Waals surface area contributed by atoms with Crippen molar-refractivity contribution in [2.24, 2.45) is 23.7 Å². The van der Waals surface area contributed by atoms with Crippen molar-refractivity contribution in [3.63, 3.8) is 0 Å². The van der Waals surface area contributed by atoms with Crippen molar-refractivity contribution in [3.8, 4) is 0 Å². The number of ether oxygens (including phenoxy) is 2. The fourth-order valence-electron chi connectivity index (χ4n) is 5.29. The van der Waals surface area contributed by atoms with Crippen molar-refractivity contribution >= 4 is 11.9 Å². The van der Waals surface area contributed by atoms with E-state index in [1.807, 2.05) is 0 Å². The molecule has 0 amide bonds. The Hall–Kier alpha value is -1.06. The van der Waals surface area contributed by atoms with Crippen molar-refractivity contribution in [1.29, 1.82) is 0 Å². The summed E-state index contributed by atoms with van der Waals surface area (Å²) in [5.41, 5.74) is 0. The van der Waals surface area contributed by atoms with Gasteiger partial charge in [-0.25, -0.2) is 0 Å². The van der Waals surface area contributed by atoms with Gasteiger partial charge in [-0.3, -0.25) is 9.59 Å². The summed E-state index contributed by atoms with van der Waals surface area (Å²) in [6, 6.07) is 0.